The average molecular weight is 428 g/mol. The van der Waals surface area contributed by atoms with Gasteiger partial charge in [0.1, 0.15) is 11.0 Å². The minimum Gasteiger partial charge on any atom is -0.306 e. The number of benzene rings is 3. The molecule has 0 spiro atoms. The molecule has 0 bridgehead atoms. The van der Waals surface area contributed by atoms with Crippen molar-refractivity contribution in [2.24, 2.45) is 0 Å². The molecule has 0 aliphatic carbocycles. The summed E-state index contributed by atoms with van der Waals surface area (Å²) in [7, 11) is -1.25. The van der Waals surface area contributed by atoms with Gasteiger partial charge in [-0.1, -0.05) is 66.7 Å². The van der Waals surface area contributed by atoms with E-state index in [0.29, 0.717) is 18.6 Å². The number of nitrogens with zero attached hydrogens (tertiary/aromatic N) is 1. The van der Waals surface area contributed by atoms with Crippen molar-refractivity contribution in [2.45, 2.75) is 29.8 Å². The summed E-state index contributed by atoms with van der Waals surface area (Å²) in [6, 6.07) is 27.7. The maximum absolute atomic E-state index is 12.9. The van der Waals surface area contributed by atoms with Gasteiger partial charge >= 0.3 is 0 Å². The zero-order valence-corrected chi connectivity index (χ0v) is 18.0. The fourth-order valence-electron chi connectivity index (χ4n) is 4.29. The Kier molecular flexibility index (Phi) is 5.89. The molecule has 1 aliphatic heterocycles. The molecule has 0 saturated carbocycles. The summed E-state index contributed by atoms with van der Waals surface area (Å²) in [6.07, 6.45) is 5.70. The molecule has 3 unspecified atom stereocenters. The van der Waals surface area contributed by atoms with Crippen molar-refractivity contribution in [1.82, 2.24) is 15.0 Å². The normalized spacial score (nSPS) is 19.5. The number of aromatic nitrogens is 1. The third-order valence-corrected chi connectivity index (χ3v) is 7.15. The standard InChI is InChI=1S/C26H25N3OS/c30-31(26-8-4-7-22-17-27-16-15-24(22)26)28-18-23-13-14-25(29-23)21-11-9-20(10-12-21)19-5-2-1-3-6-19/h1-12,15-17,23,25,28-29H,13-14,18H2. The molecule has 31 heavy (non-hydrogen) atoms. The van der Waals surface area contributed by atoms with Gasteiger partial charge in [-0.3, -0.25) is 4.98 Å². The highest BCUT2D eigenvalue weighted by atomic mass is 32.2. The number of pyridine rings is 1. The number of hydrogen-bond donors (Lipinski definition) is 2. The van der Waals surface area contributed by atoms with E-state index in [1.807, 2.05) is 36.5 Å². The van der Waals surface area contributed by atoms with Gasteiger partial charge in [0.2, 0.25) is 0 Å². The van der Waals surface area contributed by atoms with Crippen LogP contribution in [0.3, 0.4) is 0 Å². The number of rotatable bonds is 6. The van der Waals surface area contributed by atoms with Crippen LogP contribution in [-0.4, -0.2) is 21.8 Å². The van der Waals surface area contributed by atoms with Crippen molar-refractivity contribution in [3.63, 3.8) is 0 Å². The van der Waals surface area contributed by atoms with E-state index in [0.717, 1.165) is 28.5 Å². The second-order valence-corrected chi connectivity index (χ2v) is 9.22. The summed E-state index contributed by atoms with van der Waals surface area (Å²) in [5.74, 6) is 0. The van der Waals surface area contributed by atoms with E-state index in [1.165, 1.54) is 16.7 Å². The van der Waals surface area contributed by atoms with Crippen LogP contribution < -0.4 is 10.0 Å². The van der Waals surface area contributed by atoms with Gasteiger partial charge in [0.15, 0.2) is 0 Å². The van der Waals surface area contributed by atoms with E-state index in [2.05, 4.69) is 63.6 Å². The zero-order valence-electron chi connectivity index (χ0n) is 17.2. The number of fused-ring (bicyclic) bond motifs is 1. The van der Waals surface area contributed by atoms with Gasteiger partial charge in [-0.25, -0.2) is 8.93 Å². The second-order valence-electron chi connectivity index (χ2n) is 7.95. The lowest BCUT2D eigenvalue weighted by molar-refractivity contribution is 0.545. The lowest BCUT2D eigenvalue weighted by atomic mass is 10.00. The van der Waals surface area contributed by atoms with Gasteiger partial charge in [0.05, 0.1) is 4.90 Å². The summed E-state index contributed by atoms with van der Waals surface area (Å²) in [6.45, 7) is 0.673. The molecule has 1 aromatic heterocycles. The Morgan fingerprint density at radius 1 is 0.903 bits per heavy atom. The maximum atomic E-state index is 12.9. The predicted octanol–water partition coefficient (Wildman–Crippen LogP) is 5.01. The second kappa shape index (κ2) is 9.10. The van der Waals surface area contributed by atoms with Crippen molar-refractivity contribution in [2.75, 3.05) is 6.54 Å². The molecule has 4 nitrogen and oxygen atoms in total. The summed E-state index contributed by atoms with van der Waals surface area (Å²) in [5.41, 5.74) is 3.79. The molecule has 2 N–H and O–H groups in total. The molecule has 2 heterocycles. The molecule has 3 aromatic carbocycles. The van der Waals surface area contributed by atoms with E-state index in [1.54, 1.807) is 6.20 Å². The molecule has 1 saturated heterocycles. The Bertz CT molecular complexity index is 1190. The largest absolute Gasteiger partial charge is 0.306 e. The first-order valence-electron chi connectivity index (χ1n) is 10.7. The van der Waals surface area contributed by atoms with Crippen LogP contribution >= 0.6 is 0 Å². The minimum absolute atomic E-state index is 0.305. The quantitative estimate of drug-likeness (QED) is 0.455. The summed E-state index contributed by atoms with van der Waals surface area (Å²) in [5, 5.41) is 5.70. The number of nitrogens with one attached hydrogen (secondary N) is 2. The van der Waals surface area contributed by atoms with Gasteiger partial charge < -0.3 is 5.32 Å². The number of hydrogen-bond acceptors (Lipinski definition) is 3. The fraction of sp³-hybridized carbons (Fsp3) is 0.192. The Labute approximate surface area is 185 Å². The molecule has 0 radical (unpaired) electrons. The first-order valence-corrected chi connectivity index (χ1v) is 11.8. The van der Waals surface area contributed by atoms with E-state index in [9.17, 15) is 4.21 Å². The first-order chi connectivity index (χ1) is 15.3. The lowest BCUT2D eigenvalue weighted by Gasteiger charge is -2.16. The van der Waals surface area contributed by atoms with Crippen LogP contribution in [-0.2, 0) is 11.0 Å². The molecular weight excluding hydrogens is 402 g/mol. The third-order valence-electron chi connectivity index (χ3n) is 5.96. The maximum Gasteiger partial charge on any atom is 0.125 e. The Morgan fingerprint density at radius 3 is 2.55 bits per heavy atom. The van der Waals surface area contributed by atoms with Crippen LogP contribution in [0.4, 0.5) is 0 Å². The van der Waals surface area contributed by atoms with E-state index < -0.39 is 11.0 Å². The van der Waals surface area contributed by atoms with Gasteiger partial charge in [0.25, 0.3) is 0 Å². The molecule has 5 rings (SSSR count). The summed E-state index contributed by atoms with van der Waals surface area (Å²) < 4.78 is 16.1. The molecule has 1 aliphatic rings. The molecule has 4 aromatic rings. The fourth-order valence-corrected chi connectivity index (χ4v) is 5.39. The molecule has 1 fully saturated rings. The smallest absolute Gasteiger partial charge is 0.125 e. The van der Waals surface area contributed by atoms with E-state index in [-0.39, 0.29) is 0 Å². The van der Waals surface area contributed by atoms with Crippen molar-refractivity contribution >= 4 is 21.8 Å². The Morgan fingerprint density at radius 2 is 1.71 bits per heavy atom. The van der Waals surface area contributed by atoms with Crippen molar-refractivity contribution in [3.05, 3.63) is 96.8 Å². The predicted molar refractivity (Wildman–Crippen MR) is 127 cm³/mol. The van der Waals surface area contributed by atoms with Gasteiger partial charge in [-0.05, 0) is 41.7 Å². The highest BCUT2D eigenvalue weighted by molar-refractivity contribution is 7.83. The van der Waals surface area contributed by atoms with Crippen LogP contribution in [0.15, 0.2) is 96.2 Å². The molecule has 0 amide bonds. The molecule has 156 valence electrons. The van der Waals surface area contributed by atoms with Gasteiger partial charge in [-0.15, -0.1) is 0 Å². The lowest BCUT2D eigenvalue weighted by Crippen LogP contribution is -2.35. The Hall–Kier alpha value is -2.86. The van der Waals surface area contributed by atoms with Crippen molar-refractivity contribution in [3.8, 4) is 11.1 Å². The van der Waals surface area contributed by atoms with Crippen LogP contribution in [0.25, 0.3) is 21.9 Å². The Balaban J connectivity index is 1.20. The minimum atomic E-state index is -1.25. The van der Waals surface area contributed by atoms with E-state index in [4.69, 9.17) is 0 Å². The topological polar surface area (TPSA) is 54.0 Å². The molecular formula is C26H25N3OS. The van der Waals surface area contributed by atoms with Crippen molar-refractivity contribution < 1.29 is 4.21 Å². The average Bonchev–Trinajstić information content (AvgIpc) is 3.32. The molecule has 5 heteroatoms. The zero-order chi connectivity index (χ0) is 21.0. The summed E-state index contributed by atoms with van der Waals surface area (Å²) in [4.78, 5) is 4.96. The van der Waals surface area contributed by atoms with Crippen LogP contribution in [0.2, 0.25) is 0 Å². The highest BCUT2D eigenvalue weighted by Gasteiger charge is 2.25. The first kappa shape index (κ1) is 20.1. The van der Waals surface area contributed by atoms with Crippen LogP contribution in [0.1, 0.15) is 24.4 Å². The SMILES string of the molecule is O=S(NCC1CCC(c2ccc(-c3ccccc3)cc2)N1)c1cccc2cnccc12. The van der Waals surface area contributed by atoms with E-state index >= 15 is 0 Å². The highest BCUT2D eigenvalue weighted by Crippen LogP contribution is 2.29. The van der Waals surface area contributed by atoms with Crippen molar-refractivity contribution in [1.29, 1.82) is 0 Å². The van der Waals surface area contributed by atoms with Crippen LogP contribution in [0, 0.1) is 0 Å². The summed E-state index contributed by atoms with van der Waals surface area (Å²) >= 11 is 0. The monoisotopic (exact) mass is 427 g/mol. The van der Waals surface area contributed by atoms with Crippen LogP contribution in [0.5, 0.6) is 0 Å². The van der Waals surface area contributed by atoms with Gasteiger partial charge in [0, 0.05) is 41.8 Å². The third kappa shape index (κ3) is 4.44. The van der Waals surface area contributed by atoms with Gasteiger partial charge in [-0.2, -0.15) is 0 Å². The molecule has 3 atom stereocenters.